The van der Waals surface area contributed by atoms with Gasteiger partial charge in [0.1, 0.15) is 0 Å². The van der Waals surface area contributed by atoms with Gasteiger partial charge in [-0.1, -0.05) is 30.2 Å². The lowest BCUT2D eigenvalue weighted by Crippen LogP contribution is -2.13. The molecule has 0 aliphatic heterocycles. The Morgan fingerprint density at radius 1 is 1.46 bits per heavy atom. The highest BCUT2D eigenvalue weighted by atomic mass is 16.5. The largest absolute Gasteiger partial charge is 0.505 e. The van der Waals surface area contributed by atoms with Gasteiger partial charge in [-0.05, 0) is 26.3 Å². The van der Waals surface area contributed by atoms with Crippen molar-refractivity contribution >= 4 is 0 Å². The normalized spacial score (nSPS) is 28.6. The Hall–Kier alpha value is -0.980. The molecule has 0 aromatic carbocycles. The summed E-state index contributed by atoms with van der Waals surface area (Å²) in [5.74, 6) is 0. The van der Waals surface area contributed by atoms with Gasteiger partial charge in [0.15, 0.2) is 0 Å². The molecular weight excluding hydrogens is 160 g/mol. The van der Waals surface area contributed by atoms with E-state index in [1.807, 2.05) is 0 Å². The minimum absolute atomic E-state index is 0.138. The minimum Gasteiger partial charge on any atom is -0.505 e. The van der Waals surface area contributed by atoms with E-state index in [-0.39, 0.29) is 5.41 Å². The van der Waals surface area contributed by atoms with Gasteiger partial charge < -0.3 is 4.74 Å². The first-order valence-corrected chi connectivity index (χ1v) is 4.63. The predicted octanol–water partition coefficient (Wildman–Crippen LogP) is 3.45. The third-order valence-electron chi connectivity index (χ3n) is 2.28. The quantitative estimate of drug-likeness (QED) is 0.588. The Kier molecular flexibility index (Phi) is 2.97. The van der Waals surface area contributed by atoms with Gasteiger partial charge in [0.05, 0.1) is 13.4 Å². The number of hydrogen-bond acceptors (Lipinski definition) is 1. The van der Waals surface area contributed by atoms with E-state index in [9.17, 15) is 0 Å². The van der Waals surface area contributed by atoms with Gasteiger partial charge in [-0.2, -0.15) is 0 Å². The maximum absolute atomic E-state index is 4.95. The molecule has 0 bridgehead atoms. The molecule has 0 fully saturated rings. The van der Waals surface area contributed by atoms with Crippen molar-refractivity contribution in [1.82, 2.24) is 0 Å². The fourth-order valence-electron chi connectivity index (χ4n) is 1.98. The van der Waals surface area contributed by atoms with Gasteiger partial charge in [-0.15, -0.1) is 0 Å². The summed E-state index contributed by atoms with van der Waals surface area (Å²) in [6.07, 6.45) is 9.50. The van der Waals surface area contributed by atoms with Crippen LogP contribution in [0, 0.1) is 5.41 Å². The van der Waals surface area contributed by atoms with Crippen LogP contribution in [-0.2, 0) is 4.74 Å². The van der Waals surface area contributed by atoms with Crippen molar-refractivity contribution in [3.05, 3.63) is 35.6 Å². The van der Waals surface area contributed by atoms with Crippen LogP contribution in [-0.4, -0.2) is 7.11 Å². The third kappa shape index (κ3) is 2.76. The zero-order valence-corrected chi connectivity index (χ0v) is 8.92. The molecule has 1 atom stereocenters. The summed E-state index contributed by atoms with van der Waals surface area (Å²) < 4.78 is 4.95. The Bertz CT molecular complexity index is 271. The zero-order chi connectivity index (χ0) is 9.90. The molecule has 1 heteroatoms. The summed E-state index contributed by atoms with van der Waals surface area (Å²) >= 11 is 0. The maximum atomic E-state index is 4.95. The van der Waals surface area contributed by atoms with Crippen molar-refractivity contribution in [3.8, 4) is 0 Å². The topological polar surface area (TPSA) is 9.23 Å². The molecule has 0 aromatic heterocycles. The molecule has 1 rings (SSSR count). The number of hydrogen-bond donors (Lipinski definition) is 0. The third-order valence-corrected chi connectivity index (χ3v) is 2.28. The van der Waals surface area contributed by atoms with E-state index in [4.69, 9.17) is 4.74 Å². The molecule has 0 saturated heterocycles. The lowest BCUT2D eigenvalue weighted by atomic mass is 9.78. The molecule has 1 aliphatic rings. The molecule has 72 valence electrons. The van der Waals surface area contributed by atoms with Crippen molar-refractivity contribution < 1.29 is 4.74 Å². The monoisotopic (exact) mass is 178 g/mol. The smallest absolute Gasteiger partial charge is 0.0793 e. The highest BCUT2D eigenvalue weighted by Gasteiger charge is 2.21. The van der Waals surface area contributed by atoms with Crippen LogP contribution in [0.1, 0.15) is 27.2 Å². The van der Waals surface area contributed by atoms with Crippen molar-refractivity contribution in [2.24, 2.45) is 5.41 Å². The average Bonchev–Trinajstić information content (AvgIpc) is 1.98. The standard InChI is InChI=1S/C12H18O/c1-10-7-11(2)9-12(3,8-10)5-6-13-4/h5-8H,9H2,1-4H3. The number of ether oxygens (including phenoxy) is 1. The van der Waals surface area contributed by atoms with Gasteiger partial charge in [0.2, 0.25) is 0 Å². The summed E-state index contributed by atoms with van der Waals surface area (Å²) in [4.78, 5) is 0. The number of methoxy groups -OCH3 is 1. The number of allylic oxidation sites excluding steroid dienone is 5. The van der Waals surface area contributed by atoms with Crippen LogP contribution in [0.4, 0.5) is 0 Å². The SMILES string of the molecule is COC=CC1(C)C=C(C)C=C(C)C1. The van der Waals surface area contributed by atoms with E-state index in [0.717, 1.165) is 6.42 Å². The van der Waals surface area contributed by atoms with Crippen molar-refractivity contribution in [2.75, 3.05) is 7.11 Å². The fourth-order valence-corrected chi connectivity index (χ4v) is 1.98. The Labute approximate surface area is 80.8 Å². The van der Waals surface area contributed by atoms with Crippen LogP contribution in [0.2, 0.25) is 0 Å². The first kappa shape index (κ1) is 10.1. The molecule has 0 amide bonds. The molecule has 13 heavy (non-hydrogen) atoms. The van der Waals surface area contributed by atoms with Crippen LogP contribution in [0.25, 0.3) is 0 Å². The van der Waals surface area contributed by atoms with Gasteiger partial charge >= 0.3 is 0 Å². The van der Waals surface area contributed by atoms with E-state index < -0.39 is 0 Å². The van der Waals surface area contributed by atoms with Crippen LogP contribution < -0.4 is 0 Å². The van der Waals surface area contributed by atoms with Gasteiger partial charge in [-0.3, -0.25) is 0 Å². The van der Waals surface area contributed by atoms with Crippen LogP contribution >= 0.6 is 0 Å². The second kappa shape index (κ2) is 3.82. The molecule has 1 nitrogen and oxygen atoms in total. The van der Waals surface area contributed by atoms with E-state index >= 15 is 0 Å². The molecule has 0 N–H and O–H groups in total. The summed E-state index contributed by atoms with van der Waals surface area (Å²) in [5, 5.41) is 0. The van der Waals surface area contributed by atoms with E-state index in [1.165, 1.54) is 11.1 Å². The van der Waals surface area contributed by atoms with Gasteiger partial charge in [0.25, 0.3) is 0 Å². The van der Waals surface area contributed by atoms with Crippen molar-refractivity contribution in [2.45, 2.75) is 27.2 Å². The van der Waals surface area contributed by atoms with E-state index in [1.54, 1.807) is 13.4 Å². The highest BCUT2D eigenvalue weighted by Crippen LogP contribution is 2.34. The zero-order valence-electron chi connectivity index (χ0n) is 8.92. The van der Waals surface area contributed by atoms with Gasteiger partial charge in [0, 0.05) is 5.41 Å². The second-order valence-electron chi connectivity index (χ2n) is 4.10. The fraction of sp³-hybridized carbons (Fsp3) is 0.500. The maximum Gasteiger partial charge on any atom is 0.0793 e. The Morgan fingerprint density at radius 2 is 2.15 bits per heavy atom. The Balaban J connectivity index is 2.83. The van der Waals surface area contributed by atoms with Crippen molar-refractivity contribution in [1.29, 1.82) is 0 Å². The summed E-state index contributed by atoms with van der Waals surface area (Å²) in [6.45, 7) is 6.54. The molecule has 0 spiro atoms. The second-order valence-corrected chi connectivity index (χ2v) is 4.10. The lowest BCUT2D eigenvalue weighted by molar-refractivity contribution is 0.329. The molecular formula is C12H18O. The van der Waals surface area contributed by atoms with Crippen LogP contribution in [0.15, 0.2) is 35.6 Å². The average molecular weight is 178 g/mol. The molecule has 0 saturated carbocycles. The summed E-state index contributed by atoms with van der Waals surface area (Å²) in [6, 6.07) is 0. The number of rotatable bonds is 2. The lowest BCUT2D eigenvalue weighted by Gasteiger charge is -2.26. The van der Waals surface area contributed by atoms with E-state index in [2.05, 4.69) is 39.0 Å². The summed E-state index contributed by atoms with van der Waals surface area (Å²) in [5.41, 5.74) is 2.91. The van der Waals surface area contributed by atoms with Gasteiger partial charge in [-0.25, -0.2) is 0 Å². The molecule has 0 radical (unpaired) electrons. The molecule has 1 unspecified atom stereocenters. The van der Waals surface area contributed by atoms with Crippen molar-refractivity contribution in [3.63, 3.8) is 0 Å². The first-order chi connectivity index (χ1) is 6.06. The molecule has 1 aliphatic carbocycles. The first-order valence-electron chi connectivity index (χ1n) is 4.63. The molecule has 0 aromatic rings. The Morgan fingerprint density at radius 3 is 2.69 bits per heavy atom. The highest BCUT2D eigenvalue weighted by molar-refractivity contribution is 5.32. The predicted molar refractivity (Wildman–Crippen MR) is 56.4 cm³/mol. The summed E-state index contributed by atoms with van der Waals surface area (Å²) in [7, 11) is 1.68. The van der Waals surface area contributed by atoms with E-state index in [0.29, 0.717) is 0 Å². The molecule has 0 heterocycles. The minimum atomic E-state index is 0.138. The van der Waals surface area contributed by atoms with Crippen LogP contribution in [0.5, 0.6) is 0 Å². The van der Waals surface area contributed by atoms with Crippen LogP contribution in [0.3, 0.4) is 0 Å².